The van der Waals surface area contributed by atoms with Gasteiger partial charge in [0, 0.05) is 6.54 Å². The van der Waals surface area contributed by atoms with Gasteiger partial charge in [-0.2, -0.15) is 5.10 Å². The Kier molecular flexibility index (Phi) is 6.91. The van der Waals surface area contributed by atoms with Crippen molar-refractivity contribution in [2.24, 2.45) is 0 Å². The van der Waals surface area contributed by atoms with E-state index in [1.165, 1.54) is 0 Å². The largest absolute Gasteiger partial charge is 0.351 e. The van der Waals surface area contributed by atoms with Crippen molar-refractivity contribution < 1.29 is 14.5 Å². The molecule has 0 aliphatic carbocycles. The minimum Gasteiger partial charge on any atom is -0.351 e. The highest BCUT2D eigenvalue weighted by Crippen LogP contribution is 2.22. The van der Waals surface area contributed by atoms with Crippen LogP contribution in [0.1, 0.15) is 25.2 Å². The van der Waals surface area contributed by atoms with Crippen molar-refractivity contribution in [2.45, 2.75) is 27.7 Å². The summed E-state index contributed by atoms with van der Waals surface area (Å²) in [5.41, 5.74) is 3.32. The van der Waals surface area contributed by atoms with Gasteiger partial charge < -0.3 is 15.5 Å². The Balaban J connectivity index is 2.07. The van der Waals surface area contributed by atoms with Crippen LogP contribution in [0.25, 0.3) is 5.69 Å². The topological polar surface area (TPSA) is 80.5 Å². The molecule has 0 aliphatic rings. The number of carbonyl (C=O) groups excluding carboxylic acids is 2. The average molecular weight is 358 g/mol. The molecule has 3 N–H and O–H groups in total. The van der Waals surface area contributed by atoms with Gasteiger partial charge in [0.25, 0.3) is 11.8 Å². The van der Waals surface area contributed by atoms with Crippen molar-refractivity contribution in [3.63, 3.8) is 0 Å². The molecule has 0 saturated carbocycles. The maximum Gasteiger partial charge on any atom is 0.279 e. The van der Waals surface area contributed by atoms with E-state index in [0.717, 1.165) is 27.7 Å². The number of nitrogens with one attached hydrogen (secondary N) is 3. The van der Waals surface area contributed by atoms with Gasteiger partial charge in [0.15, 0.2) is 13.1 Å². The number of aryl methyl sites for hydroxylation is 1. The molecule has 0 saturated heterocycles. The molecule has 0 spiro atoms. The van der Waals surface area contributed by atoms with Crippen molar-refractivity contribution in [3.05, 3.63) is 41.7 Å². The first-order chi connectivity index (χ1) is 12.5. The second kappa shape index (κ2) is 9.15. The van der Waals surface area contributed by atoms with E-state index in [2.05, 4.69) is 15.7 Å². The van der Waals surface area contributed by atoms with Crippen molar-refractivity contribution >= 4 is 17.5 Å². The molecular formula is C19H28N5O2+. The molecule has 26 heavy (non-hydrogen) atoms. The first kappa shape index (κ1) is 19.7. The van der Waals surface area contributed by atoms with E-state index in [4.69, 9.17) is 0 Å². The first-order valence-electron chi connectivity index (χ1n) is 8.98. The molecular weight excluding hydrogens is 330 g/mol. The SMILES string of the molecule is CCNC(=O)C[NH+](CC)CC(=O)Nc1c(C)nn(-c2ccccc2)c1C. The van der Waals surface area contributed by atoms with Crippen LogP contribution >= 0.6 is 0 Å². The second-order valence-electron chi connectivity index (χ2n) is 6.25. The summed E-state index contributed by atoms with van der Waals surface area (Å²) >= 11 is 0. The number of nitrogens with zero attached hydrogens (tertiary/aromatic N) is 2. The van der Waals surface area contributed by atoms with Gasteiger partial charge in [-0.15, -0.1) is 0 Å². The molecule has 2 amide bonds. The number of benzene rings is 1. The molecule has 1 atom stereocenters. The van der Waals surface area contributed by atoms with Crippen LogP contribution in [0.4, 0.5) is 5.69 Å². The fourth-order valence-electron chi connectivity index (χ4n) is 2.85. The Morgan fingerprint density at radius 1 is 1.08 bits per heavy atom. The van der Waals surface area contributed by atoms with Gasteiger partial charge in [0.2, 0.25) is 0 Å². The zero-order chi connectivity index (χ0) is 19.1. The fraction of sp³-hybridized carbons (Fsp3) is 0.421. The molecule has 0 radical (unpaired) electrons. The molecule has 2 rings (SSSR count). The van der Waals surface area contributed by atoms with Crippen molar-refractivity contribution in [3.8, 4) is 5.69 Å². The molecule has 140 valence electrons. The number of quaternary nitrogens is 1. The number of hydrogen-bond acceptors (Lipinski definition) is 3. The van der Waals surface area contributed by atoms with E-state index in [1.54, 1.807) is 0 Å². The molecule has 7 heteroatoms. The molecule has 1 aromatic carbocycles. The molecule has 0 aliphatic heterocycles. The maximum atomic E-state index is 12.5. The van der Waals surface area contributed by atoms with Crippen LogP contribution in [0.5, 0.6) is 0 Å². The van der Waals surface area contributed by atoms with Crippen LogP contribution in [0, 0.1) is 13.8 Å². The lowest BCUT2D eigenvalue weighted by Gasteiger charge is -2.16. The summed E-state index contributed by atoms with van der Waals surface area (Å²) in [7, 11) is 0. The van der Waals surface area contributed by atoms with E-state index >= 15 is 0 Å². The lowest BCUT2D eigenvalue weighted by atomic mass is 10.3. The summed E-state index contributed by atoms with van der Waals surface area (Å²) in [6.07, 6.45) is 0. The van der Waals surface area contributed by atoms with Crippen LogP contribution in [-0.4, -0.2) is 47.8 Å². The van der Waals surface area contributed by atoms with Gasteiger partial charge in [-0.1, -0.05) is 18.2 Å². The molecule has 1 aromatic heterocycles. The van der Waals surface area contributed by atoms with Crippen LogP contribution in [0.2, 0.25) is 0 Å². The minimum atomic E-state index is -0.120. The molecule has 0 bridgehead atoms. The van der Waals surface area contributed by atoms with Gasteiger partial charge in [-0.05, 0) is 39.8 Å². The van der Waals surface area contributed by atoms with Crippen molar-refractivity contribution in [1.29, 1.82) is 0 Å². The minimum absolute atomic E-state index is 0.0404. The lowest BCUT2D eigenvalue weighted by molar-refractivity contribution is -0.881. The van der Waals surface area contributed by atoms with E-state index < -0.39 is 0 Å². The number of para-hydroxylation sites is 1. The van der Waals surface area contributed by atoms with Gasteiger partial charge in [0.1, 0.15) is 0 Å². The predicted molar refractivity (Wildman–Crippen MR) is 102 cm³/mol. The number of carbonyl (C=O) groups is 2. The third-order valence-corrected chi connectivity index (χ3v) is 4.25. The highest BCUT2D eigenvalue weighted by atomic mass is 16.2. The Hall–Kier alpha value is -2.67. The second-order valence-corrected chi connectivity index (χ2v) is 6.25. The third kappa shape index (κ3) is 4.92. The highest BCUT2D eigenvalue weighted by Gasteiger charge is 2.19. The number of likely N-dealkylation sites (N-methyl/N-ethyl adjacent to an activating group) is 2. The Bertz CT molecular complexity index is 755. The standard InChI is InChI=1S/C19H27N5O2/c1-5-20-17(25)12-23(6-2)13-18(26)21-19-14(3)22-24(15(19)4)16-10-8-7-9-11-16/h7-11H,5-6,12-13H2,1-4H3,(H,20,25)(H,21,26)/p+1. The molecule has 0 fully saturated rings. The Morgan fingerprint density at radius 2 is 1.73 bits per heavy atom. The number of rotatable bonds is 8. The van der Waals surface area contributed by atoms with E-state index in [9.17, 15) is 9.59 Å². The van der Waals surface area contributed by atoms with Gasteiger partial charge >= 0.3 is 0 Å². The smallest absolute Gasteiger partial charge is 0.279 e. The van der Waals surface area contributed by atoms with Gasteiger partial charge in [-0.25, -0.2) is 4.68 Å². The summed E-state index contributed by atoms with van der Waals surface area (Å²) in [5.74, 6) is -0.161. The highest BCUT2D eigenvalue weighted by molar-refractivity contribution is 5.92. The van der Waals surface area contributed by atoms with Crippen molar-refractivity contribution in [2.75, 3.05) is 31.5 Å². The van der Waals surface area contributed by atoms with Crippen molar-refractivity contribution in [1.82, 2.24) is 15.1 Å². The number of amides is 2. The Labute approximate surface area is 154 Å². The number of aromatic nitrogens is 2. The summed E-state index contributed by atoms with van der Waals surface area (Å²) in [4.78, 5) is 25.1. The van der Waals surface area contributed by atoms with Gasteiger partial charge in [-0.3, -0.25) is 9.59 Å². The Morgan fingerprint density at radius 3 is 2.35 bits per heavy atom. The van der Waals surface area contributed by atoms with Gasteiger partial charge in [0.05, 0.1) is 29.3 Å². The quantitative estimate of drug-likeness (QED) is 0.642. The van der Waals surface area contributed by atoms with Crippen LogP contribution < -0.4 is 15.5 Å². The lowest BCUT2D eigenvalue weighted by Crippen LogP contribution is -3.14. The monoisotopic (exact) mass is 358 g/mol. The van der Waals surface area contributed by atoms with Crippen LogP contribution in [0.15, 0.2) is 30.3 Å². The number of anilines is 1. The number of hydrogen-bond donors (Lipinski definition) is 3. The zero-order valence-electron chi connectivity index (χ0n) is 15.9. The molecule has 7 nitrogen and oxygen atoms in total. The average Bonchev–Trinajstić information content (AvgIpc) is 2.90. The third-order valence-electron chi connectivity index (χ3n) is 4.25. The van der Waals surface area contributed by atoms with Crippen LogP contribution in [-0.2, 0) is 9.59 Å². The summed E-state index contributed by atoms with van der Waals surface area (Å²) < 4.78 is 1.82. The summed E-state index contributed by atoms with van der Waals surface area (Å²) in [5, 5.41) is 10.3. The van der Waals surface area contributed by atoms with E-state index in [1.807, 2.05) is 62.7 Å². The summed E-state index contributed by atoms with van der Waals surface area (Å²) in [6.45, 7) is 9.48. The predicted octanol–water partition coefficient (Wildman–Crippen LogP) is 0.469. The fourth-order valence-corrected chi connectivity index (χ4v) is 2.85. The molecule has 1 heterocycles. The zero-order valence-corrected chi connectivity index (χ0v) is 15.9. The van der Waals surface area contributed by atoms with E-state index in [0.29, 0.717) is 19.6 Å². The molecule has 1 unspecified atom stereocenters. The maximum absolute atomic E-state index is 12.5. The summed E-state index contributed by atoms with van der Waals surface area (Å²) in [6, 6.07) is 9.80. The normalized spacial score (nSPS) is 11.8. The first-order valence-corrected chi connectivity index (χ1v) is 8.98. The van der Waals surface area contributed by atoms with Crippen LogP contribution in [0.3, 0.4) is 0 Å². The molecule has 2 aromatic rings. The van der Waals surface area contributed by atoms with E-state index in [-0.39, 0.29) is 18.4 Å².